The molecule has 4 heteroatoms. The minimum Gasteiger partial charge on any atom is -0.390 e. The van der Waals surface area contributed by atoms with Crippen molar-refractivity contribution < 1.29 is 14.6 Å². The standard InChI is InChI=1S/C11H14ClFO2/c1-6(2)10(14)11(15)8-4-3-7(12)5-9(8)13/h3-6,10-11,14-15H,1-2H3. The lowest BCUT2D eigenvalue weighted by molar-refractivity contribution is -0.0112. The largest absolute Gasteiger partial charge is 0.390 e. The van der Waals surface area contributed by atoms with E-state index in [9.17, 15) is 14.6 Å². The molecule has 0 amide bonds. The van der Waals surface area contributed by atoms with Crippen molar-refractivity contribution in [1.82, 2.24) is 0 Å². The molecule has 0 bridgehead atoms. The fourth-order valence-corrected chi connectivity index (χ4v) is 1.45. The van der Waals surface area contributed by atoms with Crippen LogP contribution in [0.5, 0.6) is 0 Å². The minimum atomic E-state index is -1.22. The third-order valence-corrected chi connectivity index (χ3v) is 2.52. The normalized spacial score (nSPS) is 15.4. The van der Waals surface area contributed by atoms with Crippen molar-refractivity contribution in [2.75, 3.05) is 0 Å². The van der Waals surface area contributed by atoms with Gasteiger partial charge in [-0.05, 0) is 18.1 Å². The number of aliphatic hydroxyl groups excluding tert-OH is 2. The molecule has 1 rings (SSSR count). The zero-order valence-corrected chi connectivity index (χ0v) is 9.37. The first kappa shape index (κ1) is 12.4. The number of hydrogen-bond acceptors (Lipinski definition) is 2. The van der Waals surface area contributed by atoms with E-state index in [1.807, 2.05) is 0 Å². The van der Waals surface area contributed by atoms with Crippen LogP contribution in [0.25, 0.3) is 0 Å². The van der Waals surface area contributed by atoms with Crippen LogP contribution in [-0.2, 0) is 0 Å². The highest BCUT2D eigenvalue weighted by molar-refractivity contribution is 6.30. The summed E-state index contributed by atoms with van der Waals surface area (Å²) in [6.45, 7) is 3.50. The Labute approximate surface area is 93.3 Å². The van der Waals surface area contributed by atoms with Gasteiger partial charge in [0.2, 0.25) is 0 Å². The Hall–Kier alpha value is -0.640. The molecule has 84 valence electrons. The molecule has 0 aliphatic carbocycles. The number of benzene rings is 1. The molecule has 0 fully saturated rings. The lowest BCUT2D eigenvalue weighted by Crippen LogP contribution is -2.24. The predicted octanol–water partition coefficient (Wildman–Crippen LogP) is 2.53. The summed E-state index contributed by atoms with van der Waals surface area (Å²) in [5.41, 5.74) is 0.0700. The predicted molar refractivity (Wildman–Crippen MR) is 57.2 cm³/mol. The summed E-state index contributed by atoms with van der Waals surface area (Å²) < 4.78 is 13.4. The van der Waals surface area contributed by atoms with Gasteiger partial charge in [0.05, 0.1) is 6.10 Å². The first-order valence-electron chi connectivity index (χ1n) is 4.74. The highest BCUT2D eigenvalue weighted by Crippen LogP contribution is 2.25. The maximum absolute atomic E-state index is 13.4. The van der Waals surface area contributed by atoms with Gasteiger partial charge in [0, 0.05) is 10.6 Å². The van der Waals surface area contributed by atoms with Crippen LogP contribution >= 0.6 is 11.6 Å². The van der Waals surface area contributed by atoms with Crippen LogP contribution in [-0.4, -0.2) is 16.3 Å². The molecule has 0 aliphatic heterocycles. The highest BCUT2D eigenvalue weighted by Gasteiger charge is 2.23. The van der Waals surface area contributed by atoms with Gasteiger partial charge in [-0.1, -0.05) is 31.5 Å². The maximum atomic E-state index is 13.4. The average Bonchev–Trinajstić information content (AvgIpc) is 2.15. The SMILES string of the molecule is CC(C)C(O)C(O)c1ccc(Cl)cc1F. The van der Waals surface area contributed by atoms with Gasteiger partial charge in [-0.25, -0.2) is 4.39 Å². The van der Waals surface area contributed by atoms with Crippen LogP contribution in [0.2, 0.25) is 5.02 Å². The zero-order valence-electron chi connectivity index (χ0n) is 8.61. The summed E-state index contributed by atoms with van der Waals surface area (Å²) in [5.74, 6) is -0.746. The van der Waals surface area contributed by atoms with Crippen molar-refractivity contribution in [1.29, 1.82) is 0 Å². The molecule has 0 aromatic heterocycles. The molecule has 2 unspecified atom stereocenters. The third-order valence-electron chi connectivity index (χ3n) is 2.29. The molecule has 0 radical (unpaired) electrons. The molecule has 0 heterocycles. The number of rotatable bonds is 3. The molecule has 2 nitrogen and oxygen atoms in total. The van der Waals surface area contributed by atoms with Gasteiger partial charge in [0.1, 0.15) is 11.9 Å². The molecule has 1 aromatic carbocycles. The summed E-state index contributed by atoms with van der Waals surface area (Å²) in [7, 11) is 0. The first-order valence-corrected chi connectivity index (χ1v) is 5.12. The lowest BCUT2D eigenvalue weighted by Gasteiger charge is -2.21. The Morgan fingerprint density at radius 2 is 1.87 bits per heavy atom. The second-order valence-electron chi connectivity index (χ2n) is 3.85. The molecular weight excluding hydrogens is 219 g/mol. The topological polar surface area (TPSA) is 40.5 Å². The Balaban J connectivity index is 2.96. The summed E-state index contributed by atoms with van der Waals surface area (Å²) in [6.07, 6.45) is -2.21. The summed E-state index contributed by atoms with van der Waals surface area (Å²) in [4.78, 5) is 0. The van der Waals surface area contributed by atoms with Gasteiger partial charge in [-0.15, -0.1) is 0 Å². The van der Waals surface area contributed by atoms with Crippen LogP contribution in [0.15, 0.2) is 18.2 Å². The van der Waals surface area contributed by atoms with Crippen LogP contribution in [0.4, 0.5) is 4.39 Å². The second-order valence-corrected chi connectivity index (χ2v) is 4.28. The van der Waals surface area contributed by atoms with E-state index in [4.69, 9.17) is 11.6 Å². The molecule has 2 N–H and O–H groups in total. The van der Waals surface area contributed by atoms with E-state index in [0.29, 0.717) is 0 Å². The molecule has 1 aromatic rings. The Morgan fingerprint density at radius 3 is 2.33 bits per heavy atom. The van der Waals surface area contributed by atoms with E-state index in [1.54, 1.807) is 13.8 Å². The molecule has 0 saturated heterocycles. The molecule has 15 heavy (non-hydrogen) atoms. The Morgan fingerprint density at radius 1 is 1.27 bits per heavy atom. The maximum Gasteiger partial charge on any atom is 0.130 e. The minimum absolute atomic E-state index is 0.0700. The van der Waals surface area contributed by atoms with E-state index in [2.05, 4.69) is 0 Å². The van der Waals surface area contributed by atoms with Crippen molar-refractivity contribution in [2.24, 2.45) is 5.92 Å². The number of aliphatic hydroxyl groups is 2. The Bertz CT molecular complexity index is 341. The van der Waals surface area contributed by atoms with Gasteiger partial charge < -0.3 is 10.2 Å². The fourth-order valence-electron chi connectivity index (χ4n) is 1.29. The van der Waals surface area contributed by atoms with E-state index in [1.165, 1.54) is 12.1 Å². The van der Waals surface area contributed by atoms with Crippen molar-refractivity contribution in [3.63, 3.8) is 0 Å². The first-order chi connectivity index (χ1) is 6.93. The van der Waals surface area contributed by atoms with Gasteiger partial charge in [0.15, 0.2) is 0 Å². The fraction of sp³-hybridized carbons (Fsp3) is 0.455. The van der Waals surface area contributed by atoms with E-state index in [-0.39, 0.29) is 16.5 Å². The smallest absolute Gasteiger partial charge is 0.130 e. The van der Waals surface area contributed by atoms with Gasteiger partial charge in [0.25, 0.3) is 0 Å². The van der Waals surface area contributed by atoms with E-state index >= 15 is 0 Å². The van der Waals surface area contributed by atoms with Crippen molar-refractivity contribution in [3.8, 4) is 0 Å². The highest BCUT2D eigenvalue weighted by atomic mass is 35.5. The number of halogens is 2. The van der Waals surface area contributed by atoms with Crippen LogP contribution in [0.3, 0.4) is 0 Å². The van der Waals surface area contributed by atoms with Crippen molar-refractivity contribution in [3.05, 3.63) is 34.6 Å². The summed E-state index contributed by atoms with van der Waals surface area (Å²) in [6, 6.07) is 3.98. The van der Waals surface area contributed by atoms with E-state index < -0.39 is 18.0 Å². The quantitative estimate of drug-likeness (QED) is 0.841. The van der Waals surface area contributed by atoms with Gasteiger partial charge in [-0.2, -0.15) is 0 Å². The van der Waals surface area contributed by atoms with Crippen LogP contribution in [0.1, 0.15) is 25.5 Å². The number of hydrogen-bond donors (Lipinski definition) is 2. The summed E-state index contributed by atoms with van der Waals surface area (Å²) in [5, 5.41) is 19.6. The molecule has 2 atom stereocenters. The molecule has 0 spiro atoms. The van der Waals surface area contributed by atoms with Gasteiger partial charge in [-0.3, -0.25) is 0 Å². The lowest BCUT2D eigenvalue weighted by atomic mass is 9.96. The van der Waals surface area contributed by atoms with E-state index in [0.717, 1.165) is 6.07 Å². The molecular formula is C11H14ClFO2. The monoisotopic (exact) mass is 232 g/mol. The third kappa shape index (κ3) is 2.91. The summed E-state index contributed by atoms with van der Waals surface area (Å²) >= 11 is 5.58. The van der Waals surface area contributed by atoms with Gasteiger partial charge >= 0.3 is 0 Å². The van der Waals surface area contributed by atoms with Crippen molar-refractivity contribution in [2.45, 2.75) is 26.1 Å². The molecule has 0 saturated carbocycles. The van der Waals surface area contributed by atoms with Crippen LogP contribution in [0, 0.1) is 11.7 Å². The average molecular weight is 233 g/mol. The molecule has 0 aliphatic rings. The van der Waals surface area contributed by atoms with Crippen LogP contribution < -0.4 is 0 Å². The Kier molecular flexibility index (Phi) is 4.08. The van der Waals surface area contributed by atoms with Crippen molar-refractivity contribution >= 4 is 11.6 Å². The second kappa shape index (κ2) is 4.92. The zero-order chi connectivity index (χ0) is 11.6.